The van der Waals surface area contributed by atoms with E-state index in [9.17, 15) is 9.90 Å². The monoisotopic (exact) mass is 272 g/mol. The fourth-order valence-corrected chi connectivity index (χ4v) is 2.23. The number of carbonyl (C=O) groups is 1. The smallest absolute Gasteiger partial charge is 0.222 e. The van der Waals surface area contributed by atoms with E-state index in [2.05, 4.69) is 5.32 Å². The average molecular weight is 272 g/mol. The van der Waals surface area contributed by atoms with E-state index in [1.165, 1.54) is 0 Å². The van der Waals surface area contributed by atoms with E-state index in [0.29, 0.717) is 32.6 Å². The summed E-state index contributed by atoms with van der Waals surface area (Å²) >= 11 is 0. The Morgan fingerprint density at radius 3 is 2.58 bits per heavy atom. The van der Waals surface area contributed by atoms with Crippen molar-refractivity contribution >= 4 is 5.91 Å². The lowest BCUT2D eigenvalue weighted by Gasteiger charge is -2.32. The van der Waals surface area contributed by atoms with E-state index in [1.54, 1.807) is 0 Å². The lowest BCUT2D eigenvalue weighted by atomic mass is 9.94. The van der Waals surface area contributed by atoms with E-state index in [1.807, 2.05) is 13.8 Å². The molecule has 2 unspecified atom stereocenters. The van der Waals surface area contributed by atoms with Crippen LogP contribution in [0.4, 0.5) is 0 Å². The second kappa shape index (κ2) is 7.82. The third-order valence-electron chi connectivity index (χ3n) is 3.76. The third kappa shape index (κ3) is 6.36. The van der Waals surface area contributed by atoms with Gasteiger partial charge < -0.3 is 20.9 Å². The quantitative estimate of drug-likeness (QED) is 0.640. The van der Waals surface area contributed by atoms with Gasteiger partial charge in [-0.1, -0.05) is 13.3 Å². The van der Waals surface area contributed by atoms with E-state index >= 15 is 0 Å². The second-order valence-corrected chi connectivity index (χ2v) is 5.86. The maximum atomic E-state index is 11.9. The number of nitrogens with two attached hydrogens (primary N) is 1. The number of carbonyl (C=O) groups excluding carboxylic acids is 1. The van der Waals surface area contributed by atoms with Gasteiger partial charge in [-0.05, 0) is 19.8 Å². The summed E-state index contributed by atoms with van der Waals surface area (Å²) in [5.41, 5.74) is 4.89. The van der Waals surface area contributed by atoms with Gasteiger partial charge in [0.25, 0.3) is 0 Å². The fraction of sp³-hybridized carbons (Fsp3) is 0.929. The molecule has 1 rings (SSSR count). The van der Waals surface area contributed by atoms with Crippen LogP contribution in [-0.4, -0.2) is 42.4 Å². The minimum atomic E-state index is -0.792. The van der Waals surface area contributed by atoms with Crippen LogP contribution < -0.4 is 11.1 Å². The Labute approximate surface area is 115 Å². The van der Waals surface area contributed by atoms with Crippen LogP contribution in [-0.2, 0) is 9.53 Å². The Kier molecular flexibility index (Phi) is 6.75. The van der Waals surface area contributed by atoms with Gasteiger partial charge in [-0.2, -0.15) is 0 Å². The molecule has 1 aliphatic rings. The molecule has 5 nitrogen and oxygen atoms in total. The van der Waals surface area contributed by atoms with Crippen LogP contribution in [0.15, 0.2) is 0 Å². The molecule has 1 fully saturated rings. The lowest BCUT2D eigenvalue weighted by molar-refractivity contribution is -0.127. The zero-order chi connectivity index (χ0) is 14.3. The van der Waals surface area contributed by atoms with Crippen LogP contribution in [0.25, 0.3) is 0 Å². The summed E-state index contributed by atoms with van der Waals surface area (Å²) in [7, 11) is 0. The molecule has 2 atom stereocenters. The van der Waals surface area contributed by atoms with Crippen molar-refractivity contribution in [3.05, 3.63) is 0 Å². The number of nitrogens with one attached hydrogen (secondary N) is 1. The molecule has 0 radical (unpaired) electrons. The van der Waals surface area contributed by atoms with Crippen molar-refractivity contribution in [3.63, 3.8) is 0 Å². The highest BCUT2D eigenvalue weighted by atomic mass is 16.5. The van der Waals surface area contributed by atoms with Gasteiger partial charge in [-0.25, -0.2) is 0 Å². The summed E-state index contributed by atoms with van der Waals surface area (Å²) < 4.78 is 5.21. The predicted molar refractivity (Wildman–Crippen MR) is 74.7 cm³/mol. The molecule has 0 aromatic carbocycles. The first-order valence-corrected chi connectivity index (χ1v) is 7.26. The minimum Gasteiger partial charge on any atom is -0.388 e. The summed E-state index contributed by atoms with van der Waals surface area (Å²) in [6.45, 7) is 5.36. The van der Waals surface area contributed by atoms with Gasteiger partial charge in [0.1, 0.15) is 0 Å². The van der Waals surface area contributed by atoms with Crippen molar-refractivity contribution in [2.75, 3.05) is 19.8 Å². The Morgan fingerprint density at radius 1 is 1.37 bits per heavy atom. The number of aliphatic hydroxyl groups is 1. The molecular formula is C14H28N2O3. The molecule has 1 amide bonds. The molecule has 0 aromatic rings. The van der Waals surface area contributed by atoms with Crippen molar-refractivity contribution in [2.24, 2.45) is 11.7 Å². The molecule has 1 heterocycles. The van der Waals surface area contributed by atoms with Crippen molar-refractivity contribution in [1.82, 2.24) is 5.32 Å². The molecule has 5 heteroatoms. The molecule has 112 valence electrons. The Bertz CT molecular complexity index is 276. The van der Waals surface area contributed by atoms with Gasteiger partial charge in [0.05, 0.1) is 5.60 Å². The molecule has 0 spiro atoms. The Balaban J connectivity index is 2.22. The third-order valence-corrected chi connectivity index (χ3v) is 3.76. The average Bonchev–Trinajstić information content (AvgIpc) is 2.36. The molecule has 0 saturated carbocycles. The Hall–Kier alpha value is -0.650. The first kappa shape index (κ1) is 16.4. The summed E-state index contributed by atoms with van der Waals surface area (Å²) in [5, 5.41) is 13.1. The van der Waals surface area contributed by atoms with Crippen molar-refractivity contribution < 1.29 is 14.6 Å². The molecule has 0 aromatic heterocycles. The van der Waals surface area contributed by atoms with Gasteiger partial charge in [0.15, 0.2) is 0 Å². The highest BCUT2D eigenvalue weighted by Crippen LogP contribution is 2.19. The topological polar surface area (TPSA) is 84.6 Å². The van der Waals surface area contributed by atoms with Crippen LogP contribution >= 0.6 is 0 Å². The molecule has 1 saturated heterocycles. The summed E-state index contributed by atoms with van der Waals surface area (Å²) in [6.07, 6.45) is 3.93. The van der Waals surface area contributed by atoms with E-state index in [0.717, 1.165) is 19.3 Å². The summed E-state index contributed by atoms with van der Waals surface area (Å²) in [5.74, 6) is -0.00761. The van der Waals surface area contributed by atoms with E-state index in [-0.39, 0.29) is 17.9 Å². The number of hydrogen-bond donors (Lipinski definition) is 3. The maximum absolute atomic E-state index is 11.9. The maximum Gasteiger partial charge on any atom is 0.222 e. The molecule has 0 aliphatic carbocycles. The van der Waals surface area contributed by atoms with Gasteiger partial charge >= 0.3 is 0 Å². The lowest BCUT2D eigenvalue weighted by Crippen LogP contribution is -2.47. The number of hydrogen-bond acceptors (Lipinski definition) is 4. The van der Waals surface area contributed by atoms with E-state index in [4.69, 9.17) is 10.5 Å². The van der Waals surface area contributed by atoms with Gasteiger partial charge in [-0.15, -0.1) is 0 Å². The Morgan fingerprint density at radius 2 is 2.00 bits per heavy atom. The summed E-state index contributed by atoms with van der Waals surface area (Å²) in [4.78, 5) is 11.9. The minimum absolute atomic E-state index is 0.0181. The SMILES string of the molecule is CC(N)CCCC(C)C(=O)NCC1(O)CCOCC1. The van der Waals surface area contributed by atoms with Crippen molar-refractivity contribution in [1.29, 1.82) is 0 Å². The zero-order valence-corrected chi connectivity index (χ0v) is 12.2. The van der Waals surface area contributed by atoms with Gasteiger partial charge in [-0.3, -0.25) is 4.79 Å². The predicted octanol–water partition coefficient (Wildman–Crippen LogP) is 0.798. The number of rotatable bonds is 7. The van der Waals surface area contributed by atoms with Crippen LogP contribution in [0, 0.1) is 5.92 Å². The second-order valence-electron chi connectivity index (χ2n) is 5.86. The molecule has 1 aliphatic heterocycles. The van der Waals surface area contributed by atoms with E-state index < -0.39 is 5.60 Å². The highest BCUT2D eigenvalue weighted by molar-refractivity contribution is 5.78. The highest BCUT2D eigenvalue weighted by Gasteiger charge is 2.30. The standard InChI is InChI=1S/C14H28N2O3/c1-11(4-3-5-12(2)15)13(17)16-10-14(18)6-8-19-9-7-14/h11-12,18H,3-10,15H2,1-2H3,(H,16,17). The first-order valence-electron chi connectivity index (χ1n) is 7.26. The summed E-state index contributed by atoms with van der Waals surface area (Å²) in [6, 6.07) is 0.193. The van der Waals surface area contributed by atoms with Crippen molar-refractivity contribution in [3.8, 4) is 0 Å². The van der Waals surface area contributed by atoms with Crippen LogP contribution in [0.1, 0.15) is 46.0 Å². The molecule has 19 heavy (non-hydrogen) atoms. The van der Waals surface area contributed by atoms with Gasteiger partial charge in [0.2, 0.25) is 5.91 Å². The van der Waals surface area contributed by atoms with Crippen LogP contribution in [0.5, 0.6) is 0 Å². The molecule has 4 N–H and O–H groups in total. The number of ether oxygens (including phenoxy) is 1. The zero-order valence-electron chi connectivity index (χ0n) is 12.2. The van der Waals surface area contributed by atoms with Gasteiger partial charge in [0, 0.05) is 44.6 Å². The van der Waals surface area contributed by atoms with Crippen molar-refractivity contribution in [2.45, 2.75) is 57.6 Å². The van der Waals surface area contributed by atoms with Crippen LogP contribution in [0.2, 0.25) is 0 Å². The van der Waals surface area contributed by atoms with Crippen LogP contribution in [0.3, 0.4) is 0 Å². The molecule has 0 bridgehead atoms. The number of amides is 1. The largest absolute Gasteiger partial charge is 0.388 e. The normalized spacial score (nSPS) is 21.7. The fourth-order valence-electron chi connectivity index (χ4n) is 2.23. The molecular weight excluding hydrogens is 244 g/mol. The first-order chi connectivity index (χ1) is 8.93.